The van der Waals surface area contributed by atoms with Gasteiger partial charge in [-0.1, -0.05) is 0 Å². The van der Waals surface area contributed by atoms with Crippen LogP contribution >= 0.6 is 12.2 Å². The van der Waals surface area contributed by atoms with Crippen LogP contribution in [-0.4, -0.2) is 29.2 Å². The molecule has 7 heteroatoms. The highest BCUT2D eigenvalue weighted by molar-refractivity contribution is 7.80. The predicted octanol–water partition coefficient (Wildman–Crippen LogP) is 2.29. The van der Waals surface area contributed by atoms with E-state index in [-0.39, 0.29) is 11.0 Å². The zero-order valence-electron chi connectivity index (χ0n) is 12.5. The SMILES string of the molecule is Cc1ccnc(NC(=S)NC(=O)c2ccc3c(c2)OCCO3)c1. The number of nitrogens with one attached hydrogen (secondary N) is 2. The van der Waals surface area contributed by atoms with Gasteiger partial charge in [-0.05, 0) is 55.0 Å². The van der Waals surface area contributed by atoms with Crippen molar-refractivity contribution in [2.45, 2.75) is 6.92 Å². The minimum atomic E-state index is -0.327. The lowest BCUT2D eigenvalue weighted by molar-refractivity contribution is 0.0976. The maximum Gasteiger partial charge on any atom is 0.257 e. The van der Waals surface area contributed by atoms with Gasteiger partial charge in [0.2, 0.25) is 0 Å². The zero-order chi connectivity index (χ0) is 16.2. The normalized spacial score (nSPS) is 12.4. The maximum absolute atomic E-state index is 12.2. The Bertz CT molecular complexity index is 764. The predicted molar refractivity (Wildman–Crippen MR) is 90.1 cm³/mol. The third-order valence-corrected chi connectivity index (χ3v) is 3.39. The first-order valence-electron chi connectivity index (χ1n) is 7.06. The molecule has 1 aromatic heterocycles. The minimum Gasteiger partial charge on any atom is -0.486 e. The molecule has 1 amide bonds. The lowest BCUT2D eigenvalue weighted by atomic mass is 10.2. The summed E-state index contributed by atoms with van der Waals surface area (Å²) in [4.78, 5) is 16.4. The fourth-order valence-electron chi connectivity index (χ4n) is 2.11. The first-order chi connectivity index (χ1) is 11.1. The van der Waals surface area contributed by atoms with Crippen molar-refractivity contribution in [3.8, 4) is 11.5 Å². The highest BCUT2D eigenvalue weighted by Gasteiger charge is 2.15. The number of fused-ring (bicyclic) bond motifs is 1. The Balaban J connectivity index is 1.65. The molecule has 1 aliphatic rings. The molecule has 0 bridgehead atoms. The average molecular weight is 329 g/mol. The lowest BCUT2D eigenvalue weighted by Gasteiger charge is -2.18. The quantitative estimate of drug-likeness (QED) is 0.824. The van der Waals surface area contributed by atoms with Crippen LogP contribution in [0.15, 0.2) is 36.5 Å². The molecule has 0 spiro atoms. The summed E-state index contributed by atoms with van der Waals surface area (Å²) < 4.78 is 10.9. The van der Waals surface area contributed by atoms with Crippen molar-refractivity contribution in [3.63, 3.8) is 0 Å². The molecule has 0 atom stereocenters. The summed E-state index contributed by atoms with van der Waals surface area (Å²) in [7, 11) is 0. The van der Waals surface area contributed by atoms with Crippen molar-refractivity contribution in [2.24, 2.45) is 0 Å². The smallest absolute Gasteiger partial charge is 0.257 e. The van der Waals surface area contributed by atoms with Crippen LogP contribution in [0.3, 0.4) is 0 Å². The molecule has 0 aliphatic carbocycles. The van der Waals surface area contributed by atoms with Crippen LogP contribution in [0.25, 0.3) is 0 Å². The standard InChI is InChI=1S/C16H15N3O3S/c1-10-4-5-17-14(8-10)18-16(23)19-15(20)11-2-3-12-13(9-11)22-7-6-21-12/h2-5,8-9H,6-7H2,1H3,(H2,17,18,19,20,23). The molecule has 23 heavy (non-hydrogen) atoms. The number of amides is 1. The molecule has 6 nitrogen and oxygen atoms in total. The van der Waals surface area contributed by atoms with Crippen LogP contribution in [0.1, 0.15) is 15.9 Å². The Kier molecular flexibility index (Phi) is 4.38. The molecule has 2 aromatic rings. The molecular weight excluding hydrogens is 314 g/mol. The van der Waals surface area contributed by atoms with Crippen LogP contribution in [0.2, 0.25) is 0 Å². The van der Waals surface area contributed by atoms with Crippen LogP contribution in [0.4, 0.5) is 5.82 Å². The minimum absolute atomic E-state index is 0.183. The fraction of sp³-hybridized carbons (Fsp3) is 0.188. The topological polar surface area (TPSA) is 72.5 Å². The molecule has 0 saturated heterocycles. The molecule has 118 valence electrons. The highest BCUT2D eigenvalue weighted by Crippen LogP contribution is 2.30. The Labute approximate surface area is 138 Å². The molecule has 2 N–H and O–H groups in total. The summed E-state index contributed by atoms with van der Waals surface area (Å²) in [6.07, 6.45) is 1.67. The van der Waals surface area contributed by atoms with Crippen LogP contribution in [-0.2, 0) is 0 Å². The van der Waals surface area contributed by atoms with Gasteiger partial charge in [0.05, 0.1) is 0 Å². The van der Waals surface area contributed by atoms with E-state index in [4.69, 9.17) is 21.7 Å². The third-order valence-electron chi connectivity index (χ3n) is 3.19. The first kappa shape index (κ1) is 15.2. The van der Waals surface area contributed by atoms with Gasteiger partial charge < -0.3 is 14.8 Å². The molecule has 0 unspecified atom stereocenters. The van der Waals surface area contributed by atoms with E-state index >= 15 is 0 Å². The zero-order valence-corrected chi connectivity index (χ0v) is 13.3. The van der Waals surface area contributed by atoms with Gasteiger partial charge >= 0.3 is 0 Å². The van der Waals surface area contributed by atoms with E-state index in [2.05, 4.69) is 15.6 Å². The van der Waals surface area contributed by atoms with Crippen molar-refractivity contribution in [1.82, 2.24) is 10.3 Å². The lowest BCUT2D eigenvalue weighted by Crippen LogP contribution is -2.34. The number of benzene rings is 1. The van der Waals surface area contributed by atoms with E-state index in [0.29, 0.717) is 36.1 Å². The van der Waals surface area contributed by atoms with Crippen molar-refractivity contribution in [1.29, 1.82) is 0 Å². The Hall–Kier alpha value is -2.67. The second-order valence-electron chi connectivity index (χ2n) is 4.99. The second kappa shape index (κ2) is 6.62. The third kappa shape index (κ3) is 3.75. The van der Waals surface area contributed by atoms with Crippen molar-refractivity contribution in [3.05, 3.63) is 47.7 Å². The number of thiocarbonyl (C=S) groups is 1. The summed E-state index contributed by atoms with van der Waals surface area (Å²) in [5.74, 6) is 1.45. The summed E-state index contributed by atoms with van der Waals surface area (Å²) in [6.45, 7) is 2.93. The number of nitrogens with zero attached hydrogens (tertiary/aromatic N) is 1. The van der Waals surface area contributed by atoms with E-state index in [9.17, 15) is 4.79 Å². The van der Waals surface area contributed by atoms with Gasteiger partial charge in [0, 0.05) is 11.8 Å². The van der Waals surface area contributed by atoms with Gasteiger partial charge in [0.25, 0.3) is 5.91 Å². The van der Waals surface area contributed by atoms with Gasteiger partial charge in [-0.2, -0.15) is 0 Å². The molecule has 2 heterocycles. The Morgan fingerprint density at radius 1 is 1.17 bits per heavy atom. The van der Waals surface area contributed by atoms with E-state index < -0.39 is 0 Å². The maximum atomic E-state index is 12.2. The van der Waals surface area contributed by atoms with Crippen molar-refractivity contribution < 1.29 is 14.3 Å². The number of hydrogen-bond acceptors (Lipinski definition) is 5. The second-order valence-corrected chi connectivity index (χ2v) is 5.39. The van der Waals surface area contributed by atoms with Gasteiger partial charge in [-0.25, -0.2) is 4.98 Å². The van der Waals surface area contributed by atoms with E-state index in [1.54, 1.807) is 24.4 Å². The molecular formula is C16H15N3O3S. The number of carbonyl (C=O) groups excluding carboxylic acids is 1. The average Bonchev–Trinajstić information content (AvgIpc) is 2.54. The van der Waals surface area contributed by atoms with E-state index in [1.165, 1.54) is 0 Å². The summed E-state index contributed by atoms with van der Waals surface area (Å²) in [5.41, 5.74) is 1.49. The number of pyridine rings is 1. The summed E-state index contributed by atoms with van der Waals surface area (Å²) in [5, 5.41) is 5.68. The molecule has 0 fully saturated rings. The van der Waals surface area contributed by atoms with Crippen molar-refractivity contribution >= 4 is 29.1 Å². The highest BCUT2D eigenvalue weighted by atomic mass is 32.1. The van der Waals surface area contributed by atoms with Crippen LogP contribution in [0.5, 0.6) is 11.5 Å². The van der Waals surface area contributed by atoms with E-state index in [1.807, 2.05) is 19.1 Å². The summed E-state index contributed by atoms with van der Waals surface area (Å²) in [6, 6.07) is 8.72. The molecule has 0 saturated carbocycles. The van der Waals surface area contributed by atoms with Gasteiger partial charge in [0.1, 0.15) is 19.0 Å². The Morgan fingerprint density at radius 2 is 1.96 bits per heavy atom. The number of anilines is 1. The van der Waals surface area contributed by atoms with Crippen molar-refractivity contribution in [2.75, 3.05) is 18.5 Å². The number of aromatic nitrogens is 1. The van der Waals surface area contributed by atoms with Gasteiger partial charge in [0.15, 0.2) is 16.6 Å². The molecule has 0 radical (unpaired) electrons. The van der Waals surface area contributed by atoms with Gasteiger partial charge in [-0.15, -0.1) is 0 Å². The number of hydrogen-bond donors (Lipinski definition) is 2. The largest absolute Gasteiger partial charge is 0.486 e. The monoisotopic (exact) mass is 329 g/mol. The van der Waals surface area contributed by atoms with Crippen LogP contribution in [0, 0.1) is 6.92 Å². The fourth-order valence-corrected chi connectivity index (χ4v) is 2.31. The van der Waals surface area contributed by atoms with E-state index in [0.717, 1.165) is 5.56 Å². The summed E-state index contributed by atoms with van der Waals surface area (Å²) >= 11 is 5.14. The number of carbonyl (C=O) groups is 1. The number of aryl methyl sites for hydroxylation is 1. The van der Waals surface area contributed by atoms with Crippen LogP contribution < -0.4 is 20.1 Å². The molecule has 1 aromatic carbocycles. The first-order valence-corrected chi connectivity index (χ1v) is 7.47. The number of rotatable bonds is 2. The molecule has 3 rings (SSSR count). The van der Waals surface area contributed by atoms with Gasteiger partial charge in [-0.3, -0.25) is 10.1 Å². The number of ether oxygens (including phenoxy) is 2. The molecule has 1 aliphatic heterocycles. The Morgan fingerprint density at radius 3 is 2.74 bits per heavy atom.